The van der Waals surface area contributed by atoms with Crippen molar-refractivity contribution in [3.8, 4) is 11.1 Å². The van der Waals surface area contributed by atoms with E-state index in [-0.39, 0.29) is 11.5 Å². The molecule has 0 fully saturated rings. The molecule has 0 saturated carbocycles. The third kappa shape index (κ3) is 4.77. The molecule has 3 rings (SSSR count). The Morgan fingerprint density at radius 2 is 1.48 bits per heavy atom. The van der Waals surface area contributed by atoms with E-state index in [2.05, 4.69) is 48.5 Å². The quantitative estimate of drug-likeness (QED) is 0.435. The van der Waals surface area contributed by atoms with Crippen LogP contribution in [0.4, 0.5) is 0 Å². The van der Waals surface area contributed by atoms with Crippen LogP contribution < -0.4 is 0 Å². The Balaban J connectivity index is 1.66. The predicted molar refractivity (Wildman–Crippen MR) is 101 cm³/mol. The standard InChI is InChI=1S/C22H21NO2/c24-23(25)17-19-10-6-8-18(16-19)9-7-14-21-13-4-5-15-22(21)20-11-2-1-3-12-20/h1-6,8,10-13,15-16H,7,9,14,17H2. The minimum Gasteiger partial charge on any atom is -0.264 e. The van der Waals surface area contributed by atoms with Gasteiger partial charge in [-0.1, -0.05) is 72.8 Å². The number of hydrogen-bond acceptors (Lipinski definition) is 2. The second-order valence-corrected chi connectivity index (χ2v) is 6.19. The summed E-state index contributed by atoms with van der Waals surface area (Å²) in [5.41, 5.74) is 5.80. The van der Waals surface area contributed by atoms with E-state index in [1.54, 1.807) is 0 Å². The lowest BCUT2D eigenvalue weighted by atomic mass is 9.95. The Morgan fingerprint density at radius 3 is 2.28 bits per heavy atom. The van der Waals surface area contributed by atoms with Gasteiger partial charge >= 0.3 is 0 Å². The summed E-state index contributed by atoms with van der Waals surface area (Å²) in [6.07, 6.45) is 2.94. The molecule has 0 atom stereocenters. The lowest BCUT2D eigenvalue weighted by Crippen LogP contribution is -1.99. The molecule has 0 bridgehead atoms. The first-order chi connectivity index (χ1) is 12.2. The fourth-order valence-corrected chi connectivity index (χ4v) is 3.15. The molecule has 0 spiro atoms. The molecule has 3 heteroatoms. The maximum atomic E-state index is 10.7. The Hall–Kier alpha value is -2.94. The molecule has 0 aliphatic heterocycles. The highest BCUT2D eigenvalue weighted by Crippen LogP contribution is 2.24. The van der Waals surface area contributed by atoms with Gasteiger partial charge in [0.1, 0.15) is 0 Å². The van der Waals surface area contributed by atoms with Crippen molar-refractivity contribution in [2.24, 2.45) is 0 Å². The molecular weight excluding hydrogens is 310 g/mol. The number of aryl methyl sites for hydroxylation is 2. The van der Waals surface area contributed by atoms with Crippen LogP contribution in [-0.2, 0) is 19.4 Å². The molecule has 25 heavy (non-hydrogen) atoms. The van der Waals surface area contributed by atoms with Gasteiger partial charge in [-0.05, 0) is 47.6 Å². The lowest BCUT2D eigenvalue weighted by Gasteiger charge is -2.10. The Labute approximate surface area is 148 Å². The summed E-state index contributed by atoms with van der Waals surface area (Å²) in [4.78, 5) is 10.4. The topological polar surface area (TPSA) is 43.1 Å². The number of nitro groups is 1. The highest BCUT2D eigenvalue weighted by molar-refractivity contribution is 5.67. The highest BCUT2D eigenvalue weighted by atomic mass is 16.6. The zero-order chi connectivity index (χ0) is 17.5. The van der Waals surface area contributed by atoms with Gasteiger partial charge in [-0.25, -0.2) is 0 Å². The summed E-state index contributed by atoms with van der Waals surface area (Å²) in [5.74, 6) is 0. The summed E-state index contributed by atoms with van der Waals surface area (Å²) in [6, 6.07) is 26.7. The predicted octanol–water partition coefficient (Wildman–Crippen LogP) is 5.31. The average Bonchev–Trinajstić information content (AvgIpc) is 2.63. The van der Waals surface area contributed by atoms with Crippen molar-refractivity contribution in [3.63, 3.8) is 0 Å². The van der Waals surface area contributed by atoms with E-state index < -0.39 is 0 Å². The van der Waals surface area contributed by atoms with E-state index in [9.17, 15) is 10.1 Å². The van der Waals surface area contributed by atoms with Crippen molar-refractivity contribution < 1.29 is 4.92 Å². The number of hydrogen-bond donors (Lipinski definition) is 0. The van der Waals surface area contributed by atoms with Crippen LogP contribution in [0.1, 0.15) is 23.1 Å². The van der Waals surface area contributed by atoms with Crippen LogP contribution in [0.3, 0.4) is 0 Å². The summed E-state index contributed by atoms with van der Waals surface area (Å²) in [5, 5.41) is 10.7. The van der Waals surface area contributed by atoms with Gasteiger partial charge in [0.15, 0.2) is 0 Å². The fraction of sp³-hybridized carbons (Fsp3) is 0.182. The SMILES string of the molecule is O=[N+]([O-])Cc1cccc(CCCc2ccccc2-c2ccccc2)c1. The summed E-state index contributed by atoms with van der Waals surface area (Å²) >= 11 is 0. The maximum absolute atomic E-state index is 10.7. The first kappa shape index (κ1) is 16.9. The van der Waals surface area contributed by atoms with Gasteiger partial charge in [-0.15, -0.1) is 0 Å². The third-order valence-corrected chi connectivity index (χ3v) is 4.32. The van der Waals surface area contributed by atoms with E-state index >= 15 is 0 Å². The monoisotopic (exact) mass is 331 g/mol. The number of nitrogens with zero attached hydrogens (tertiary/aromatic N) is 1. The zero-order valence-corrected chi connectivity index (χ0v) is 14.1. The third-order valence-electron chi connectivity index (χ3n) is 4.32. The van der Waals surface area contributed by atoms with E-state index in [0.717, 1.165) is 30.4 Å². The van der Waals surface area contributed by atoms with Crippen molar-refractivity contribution in [1.82, 2.24) is 0 Å². The van der Waals surface area contributed by atoms with E-state index in [1.165, 1.54) is 16.7 Å². The van der Waals surface area contributed by atoms with Gasteiger partial charge < -0.3 is 0 Å². The zero-order valence-electron chi connectivity index (χ0n) is 14.1. The van der Waals surface area contributed by atoms with Crippen molar-refractivity contribution in [3.05, 3.63) is 106 Å². The van der Waals surface area contributed by atoms with Gasteiger partial charge in [0.2, 0.25) is 6.54 Å². The smallest absolute Gasteiger partial charge is 0.228 e. The van der Waals surface area contributed by atoms with Crippen molar-refractivity contribution >= 4 is 0 Å². The van der Waals surface area contributed by atoms with Crippen LogP contribution in [0.25, 0.3) is 11.1 Å². The summed E-state index contributed by atoms with van der Waals surface area (Å²) in [7, 11) is 0. The molecule has 0 N–H and O–H groups in total. The molecule has 0 radical (unpaired) electrons. The summed E-state index contributed by atoms with van der Waals surface area (Å²) < 4.78 is 0. The Bertz CT molecular complexity index is 843. The average molecular weight is 331 g/mol. The number of rotatable bonds is 7. The molecule has 126 valence electrons. The van der Waals surface area contributed by atoms with Gasteiger partial charge in [0.05, 0.1) is 0 Å². The number of benzene rings is 3. The molecule has 0 heterocycles. The van der Waals surface area contributed by atoms with Crippen LogP contribution in [0.5, 0.6) is 0 Å². The van der Waals surface area contributed by atoms with Crippen LogP contribution in [0, 0.1) is 10.1 Å². The Morgan fingerprint density at radius 1 is 0.760 bits per heavy atom. The normalized spacial score (nSPS) is 10.6. The molecule has 0 saturated heterocycles. The largest absolute Gasteiger partial charge is 0.264 e. The fourth-order valence-electron chi connectivity index (χ4n) is 3.15. The highest BCUT2D eigenvalue weighted by Gasteiger charge is 2.06. The molecular formula is C22H21NO2. The molecule has 3 aromatic carbocycles. The van der Waals surface area contributed by atoms with Gasteiger partial charge in [0.25, 0.3) is 0 Å². The molecule has 0 aliphatic carbocycles. The van der Waals surface area contributed by atoms with Crippen LogP contribution >= 0.6 is 0 Å². The second-order valence-electron chi connectivity index (χ2n) is 6.19. The first-order valence-corrected chi connectivity index (χ1v) is 8.55. The lowest BCUT2D eigenvalue weighted by molar-refractivity contribution is -0.496. The van der Waals surface area contributed by atoms with Crippen molar-refractivity contribution in [2.45, 2.75) is 25.8 Å². The van der Waals surface area contributed by atoms with Crippen LogP contribution in [-0.4, -0.2) is 4.92 Å². The molecule has 0 unspecified atom stereocenters. The summed E-state index contributed by atoms with van der Waals surface area (Å²) in [6.45, 7) is -0.106. The van der Waals surface area contributed by atoms with Crippen molar-refractivity contribution in [1.29, 1.82) is 0 Å². The van der Waals surface area contributed by atoms with E-state index in [1.807, 2.05) is 30.3 Å². The minimum absolute atomic E-state index is 0.106. The van der Waals surface area contributed by atoms with Gasteiger partial charge in [-0.3, -0.25) is 10.1 Å². The molecule has 0 amide bonds. The minimum atomic E-state index is -0.283. The second kappa shape index (κ2) is 8.25. The van der Waals surface area contributed by atoms with E-state index in [0.29, 0.717) is 0 Å². The molecule has 0 aromatic heterocycles. The van der Waals surface area contributed by atoms with Crippen molar-refractivity contribution in [2.75, 3.05) is 0 Å². The van der Waals surface area contributed by atoms with Gasteiger partial charge in [-0.2, -0.15) is 0 Å². The molecule has 3 aromatic rings. The Kier molecular flexibility index (Phi) is 5.57. The van der Waals surface area contributed by atoms with Gasteiger partial charge in [0, 0.05) is 10.5 Å². The first-order valence-electron chi connectivity index (χ1n) is 8.55. The van der Waals surface area contributed by atoms with Crippen LogP contribution in [0.2, 0.25) is 0 Å². The molecule has 3 nitrogen and oxygen atoms in total. The van der Waals surface area contributed by atoms with Crippen LogP contribution in [0.15, 0.2) is 78.9 Å². The van der Waals surface area contributed by atoms with E-state index in [4.69, 9.17) is 0 Å². The maximum Gasteiger partial charge on any atom is 0.228 e. The molecule has 0 aliphatic rings.